The fourth-order valence-electron chi connectivity index (χ4n) is 4.03. The third-order valence-electron chi connectivity index (χ3n) is 5.93. The van der Waals surface area contributed by atoms with Gasteiger partial charge < -0.3 is 4.90 Å². The molecule has 1 aliphatic rings. The number of amides is 1. The van der Waals surface area contributed by atoms with E-state index in [1.54, 1.807) is 12.1 Å². The summed E-state index contributed by atoms with van der Waals surface area (Å²) in [5, 5.41) is 3.43. The molecule has 2 heterocycles. The van der Waals surface area contributed by atoms with E-state index in [0.29, 0.717) is 10.7 Å². The Morgan fingerprint density at radius 1 is 1.15 bits per heavy atom. The Labute approximate surface area is 199 Å². The van der Waals surface area contributed by atoms with Crippen molar-refractivity contribution in [3.63, 3.8) is 0 Å². The van der Waals surface area contributed by atoms with Crippen LogP contribution in [0.1, 0.15) is 48.5 Å². The highest BCUT2D eigenvalue weighted by Crippen LogP contribution is 2.31. The Kier molecular flexibility index (Phi) is 7.02. The number of carbonyl (C=O) groups excluding carboxylic acids is 1. The van der Waals surface area contributed by atoms with E-state index in [2.05, 4.69) is 34.3 Å². The fourth-order valence-corrected chi connectivity index (χ4v) is 5.88. The Hall–Kier alpha value is -2.49. The van der Waals surface area contributed by atoms with Crippen LogP contribution >= 0.6 is 11.3 Å². The lowest BCUT2D eigenvalue weighted by atomic mass is 10.1. The van der Waals surface area contributed by atoms with Gasteiger partial charge in [0.2, 0.25) is 10.0 Å². The normalized spacial score (nSPS) is 14.4. The zero-order valence-electron chi connectivity index (χ0n) is 19.3. The van der Waals surface area contributed by atoms with Crippen molar-refractivity contribution >= 4 is 48.3 Å². The second-order valence-electron chi connectivity index (χ2n) is 8.54. The molecule has 0 saturated carbocycles. The third kappa shape index (κ3) is 5.05. The van der Waals surface area contributed by atoms with Gasteiger partial charge in [-0.15, -0.1) is 0 Å². The molecule has 0 unspecified atom stereocenters. The van der Waals surface area contributed by atoms with Gasteiger partial charge in [0.15, 0.2) is 5.13 Å². The zero-order chi connectivity index (χ0) is 23.6. The second kappa shape index (κ2) is 9.79. The Balaban J connectivity index is 1.66. The molecule has 0 aliphatic carbocycles. The molecular weight excluding hydrogens is 456 g/mol. The number of carbonyl (C=O) groups is 1. The van der Waals surface area contributed by atoms with Gasteiger partial charge in [-0.2, -0.15) is 0 Å². The minimum absolute atomic E-state index is 0.102. The number of nitrogens with one attached hydrogen (secondary N) is 1. The molecular formula is C24H30N4O3S2. The minimum atomic E-state index is -3.66. The predicted molar refractivity (Wildman–Crippen MR) is 135 cm³/mol. The Morgan fingerprint density at radius 3 is 2.61 bits per heavy atom. The Morgan fingerprint density at radius 2 is 1.91 bits per heavy atom. The van der Waals surface area contributed by atoms with E-state index in [9.17, 15) is 13.2 Å². The van der Waals surface area contributed by atoms with Crippen LogP contribution in [0, 0.1) is 0 Å². The molecule has 7 nitrogen and oxygen atoms in total. The zero-order valence-corrected chi connectivity index (χ0v) is 20.9. The molecule has 1 amide bonds. The lowest BCUT2D eigenvalue weighted by Crippen LogP contribution is -2.25. The van der Waals surface area contributed by atoms with E-state index in [1.165, 1.54) is 37.1 Å². The molecule has 1 aliphatic heterocycles. The first-order valence-corrected chi connectivity index (χ1v) is 13.6. The van der Waals surface area contributed by atoms with Crippen molar-refractivity contribution in [1.82, 2.24) is 9.29 Å². The van der Waals surface area contributed by atoms with Crippen LogP contribution in [0.2, 0.25) is 0 Å². The number of anilines is 2. The van der Waals surface area contributed by atoms with Gasteiger partial charge in [0.25, 0.3) is 5.91 Å². The number of thiazole rings is 1. The van der Waals surface area contributed by atoms with Crippen LogP contribution in [-0.2, 0) is 16.4 Å². The highest BCUT2D eigenvalue weighted by Gasteiger charge is 2.25. The van der Waals surface area contributed by atoms with Gasteiger partial charge in [0, 0.05) is 32.9 Å². The molecule has 0 bridgehead atoms. The molecule has 33 heavy (non-hydrogen) atoms. The van der Waals surface area contributed by atoms with Crippen LogP contribution in [0.25, 0.3) is 10.2 Å². The number of sulfonamides is 1. The average Bonchev–Trinajstić information content (AvgIpc) is 3.46. The van der Waals surface area contributed by atoms with E-state index in [-0.39, 0.29) is 10.8 Å². The standard InChI is InChI=1S/C24H30N4O3S2/c1-4-5-8-17-9-11-20-22(15-17)32-24(25-20)26-23(29)19-16-18(33(30,31)27(2)3)10-12-21(19)28-13-6-7-14-28/h9-12,15-16H,4-8,13-14H2,1-3H3,(H,25,26,29). The maximum absolute atomic E-state index is 13.3. The number of rotatable bonds is 8. The summed E-state index contributed by atoms with van der Waals surface area (Å²) in [6.45, 7) is 3.87. The van der Waals surface area contributed by atoms with Crippen molar-refractivity contribution < 1.29 is 13.2 Å². The van der Waals surface area contributed by atoms with Crippen molar-refractivity contribution in [3.05, 3.63) is 47.5 Å². The quantitative estimate of drug-likeness (QED) is 0.497. The average molecular weight is 487 g/mol. The first kappa shape index (κ1) is 23.7. The summed E-state index contributed by atoms with van der Waals surface area (Å²) in [6.07, 6.45) is 5.41. The number of unbranched alkanes of at least 4 members (excludes halogenated alkanes) is 1. The molecule has 0 atom stereocenters. The Bertz CT molecular complexity index is 1260. The van der Waals surface area contributed by atoms with E-state index in [4.69, 9.17) is 0 Å². The summed E-state index contributed by atoms with van der Waals surface area (Å²) in [4.78, 5) is 20.2. The predicted octanol–water partition coefficient (Wildman–Crippen LogP) is 4.74. The molecule has 1 aromatic heterocycles. The van der Waals surface area contributed by atoms with Crippen LogP contribution in [-0.4, -0.2) is 50.8 Å². The summed E-state index contributed by atoms with van der Waals surface area (Å²) < 4.78 is 27.6. The smallest absolute Gasteiger partial charge is 0.259 e. The molecule has 0 radical (unpaired) electrons. The van der Waals surface area contributed by atoms with E-state index in [1.807, 2.05) is 6.07 Å². The molecule has 3 aromatic rings. The number of nitrogens with zero attached hydrogens (tertiary/aromatic N) is 3. The number of aromatic nitrogens is 1. The monoisotopic (exact) mass is 486 g/mol. The lowest BCUT2D eigenvalue weighted by Gasteiger charge is -2.22. The van der Waals surface area contributed by atoms with Crippen molar-refractivity contribution in [2.75, 3.05) is 37.4 Å². The molecule has 2 aromatic carbocycles. The van der Waals surface area contributed by atoms with Gasteiger partial charge in [-0.3, -0.25) is 10.1 Å². The molecule has 1 N–H and O–H groups in total. The summed E-state index contributed by atoms with van der Waals surface area (Å²) in [7, 11) is -0.686. The number of benzene rings is 2. The van der Waals surface area contributed by atoms with Crippen LogP contribution in [0.5, 0.6) is 0 Å². The summed E-state index contributed by atoms with van der Waals surface area (Å²) >= 11 is 1.44. The van der Waals surface area contributed by atoms with E-state index >= 15 is 0 Å². The number of hydrogen-bond acceptors (Lipinski definition) is 6. The summed E-state index contributed by atoms with van der Waals surface area (Å²) in [5.41, 5.74) is 3.22. The van der Waals surface area contributed by atoms with E-state index in [0.717, 1.165) is 65.4 Å². The molecule has 1 fully saturated rings. The number of hydrogen-bond donors (Lipinski definition) is 1. The van der Waals surface area contributed by atoms with E-state index < -0.39 is 10.0 Å². The first-order chi connectivity index (χ1) is 15.8. The molecule has 0 spiro atoms. The summed E-state index contributed by atoms with van der Waals surface area (Å²) in [6, 6.07) is 11.0. The third-order valence-corrected chi connectivity index (χ3v) is 8.67. The SMILES string of the molecule is CCCCc1ccc2nc(NC(=O)c3cc(S(=O)(=O)N(C)C)ccc3N3CCCC3)sc2c1. The number of aryl methyl sites for hydroxylation is 1. The second-order valence-corrected chi connectivity index (χ2v) is 11.7. The fraction of sp³-hybridized carbons (Fsp3) is 0.417. The van der Waals surface area contributed by atoms with Gasteiger partial charge >= 0.3 is 0 Å². The van der Waals surface area contributed by atoms with Crippen molar-refractivity contribution in [2.24, 2.45) is 0 Å². The van der Waals surface area contributed by atoms with Crippen molar-refractivity contribution in [2.45, 2.75) is 43.9 Å². The van der Waals surface area contributed by atoms with Gasteiger partial charge in [-0.25, -0.2) is 17.7 Å². The highest BCUT2D eigenvalue weighted by atomic mass is 32.2. The molecule has 4 rings (SSSR count). The van der Waals surface area contributed by atoms with Gasteiger partial charge in [-0.1, -0.05) is 30.7 Å². The topological polar surface area (TPSA) is 82.6 Å². The van der Waals surface area contributed by atoms with Crippen LogP contribution in [0.15, 0.2) is 41.3 Å². The lowest BCUT2D eigenvalue weighted by molar-refractivity contribution is 0.102. The summed E-state index contributed by atoms with van der Waals surface area (Å²) in [5.74, 6) is -0.349. The highest BCUT2D eigenvalue weighted by molar-refractivity contribution is 7.89. The van der Waals surface area contributed by atoms with Gasteiger partial charge in [-0.05, 0) is 61.6 Å². The van der Waals surface area contributed by atoms with Crippen molar-refractivity contribution in [1.29, 1.82) is 0 Å². The largest absolute Gasteiger partial charge is 0.371 e. The van der Waals surface area contributed by atoms with Crippen LogP contribution < -0.4 is 10.2 Å². The van der Waals surface area contributed by atoms with Gasteiger partial charge in [0.1, 0.15) is 0 Å². The maximum Gasteiger partial charge on any atom is 0.259 e. The minimum Gasteiger partial charge on any atom is -0.371 e. The van der Waals surface area contributed by atoms with Gasteiger partial charge in [0.05, 0.1) is 20.7 Å². The van der Waals surface area contributed by atoms with Crippen LogP contribution in [0.3, 0.4) is 0 Å². The first-order valence-electron chi connectivity index (χ1n) is 11.3. The molecule has 9 heteroatoms. The molecule has 1 saturated heterocycles. The molecule has 176 valence electrons. The maximum atomic E-state index is 13.3. The van der Waals surface area contributed by atoms with Crippen LogP contribution in [0.4, 0.5) is 10.8 Å². The number of fused-ring (bicyclic) bond motifs is 1. The van der Waals surface area contributed by atoms with Crippen molar-refractivity contribution in [3.8, 4) is 0 Å².